The number of ether oxygens (including phenoxy) is 2. The second-order valence-corrected chi connectivity index (χ2v) is 15.0. The number of carbonyl (C=O) groups excluding carboxylic acids is 6. The van der Waals surface area contributed by atoms with Crippen molar-refractivity contribution in [1.29, 1.82) is 0 Å². The van der Waals surface area contributed by atoms with Crippen LogP contribution in [0.2, 0.25) is 10.0 Å². The molecule has 2 unspecified atom stereocenters. The Labute approximate surface area is 386 Å². The van der Waals surface area contributed by atoms with Crippen molar-refractivity contribution in [2.45, 2.75) is 37.7 Å². The fourth-order valence-corrected chi connectivity index (χ4v) is 6.74. The second-order valence-electron chi connectivity index (χ2n) is 13.6. The quantitative estimate of drug-likeness (QED) is 0.0375. The van der Waals surface area contributed by atoms with Gasteiger partial charge in [-0.15, -0.1) is 23.2 Å². The largest absolute Gasteiger partial charge is 0.494 e. The molecule has 2 atom stereocenters. The number of amides is 4. The Morgan fingerprint density at radius 3 is 1.25 bits per heavy atom. The van der Waals surface area contributed by atoms with Crippen molar-refractivity contribution < 1.29 is 38.2 Å². The van der Waals surface area contributed by atoms with E-state index in [-0.39, 0.29) is 67.2 Å². The molecule has 0 aliphatic carbocycles. The summed E-state index contributed by atoms with van der Waals surface area (Å²) in [5, 5.41) is 27.0. The van der Waals surface area contributed by atoms with Gasteiger partial charge in [0, 0.05) is 56.4 Å². The number of methoxy groups -OCH3 is 2. The summed E-state index contributed by atoms with van der Waals surface area (Å²) in [7, 11) is 2.57. The monoisotopic (exact) mass is 946 g/mol. The molecule has 330 valence electrons. The van der Waals surface area contributed by atoms with Crippen LogP contribution in [-0.2, 0) is 30.9 Å². The van der Waals surface area contributed by atoms with Crippen LogP contribution in [0.15, 0.2) is 118 Å². The first kappa shape index (κ1) is 48.3. The minimum absolute atomic E-state index is 0.00401. The fraction of sp³-hybridized carbons (Fsp3) is 0.182. The van der Waals surface area contributed by atoms with Crippen molar-refractivity contribution >= 4 is 116 Å². The molecule has 4 N–H and O–H groups in total. The van der Waals surface area contributed by atoms with Crippen LogP contribution in [0.4, 0.5) is 34.1 Å². The standard InChI is InChI=1S/C44H38Cl4N8O8/c1-23(57)39(55-53-31-15-27(13-29(47)17-31)41(59)49-33-11-7-5-9-25(33)21-45)43(61)51-35-19-38(64-4)36(20-37(35)63-3)52-44(62)40(24(2)58)56-54-32-16-28(14-30(48)18-32)42(60)50-34-12-8-6-10-26(34)22-46/h5-20,39-40H,21-22H2,1-4H3,(H,49,59)(H,50,60)(H,51,61)(H,52,62). The van der Waals surface area contributed by atoms with Crippen LogP contribution in [0.25, 0.3) is 0 Å². The molecule has 0 spiro atoms. The molecule has 0 aromatic heterocycles. The van der Waals surface area contributed by atoms with Crippen molar-refractivity contribution in [3.63, 3.8) is 0 Å². The lowest BCUT2D eigenvalue weighted by atomic mass is 10.1. The molecule has 5 aromatic rings. The predicted octanol–water partition coefficient (Wildman–Crippen LogP) is 10.4. The molecule has 20 heteroatoms. The van der Waals surface area contributed by atoms with E-state index < -0.39 is 47.3 Å². The number of Topliss-reactive ketones (excluding diaryl/α,β-unsaturated/α-hetero) is 2. The maximum absolute atomic E-state index is 13.5. The smallest absolute Gasteiger partial charge is 0.258 e. The summed E-state index contributed by atoms with van der Waals surface area (Å²) in [5.41, 5.74) is 2.83. The van der Waals surface area contributed by atoms with Crippen LogP contribution in [0.3, 0.4) is 0 Å². The van der Waals surface area contributed by atoms with E-state index in [0.717, 1.165) is 13.8 Å². The number of hydrogen-bond donors (Lipinski definition) is 4. The van der Waals surface area contributed by atoms with Crippen molar-refractivity contribution in [3.05, 3.63) is 129 Å². The van der Waals surface area contributed by atoms with Gasteiger partial charge in [-0.3, -0.25) is 28.8 Å². The minimum Gasteiger partial charge on any atom is -0.494 e. The molecule has 0 aliphatic rings. The van der Waals surface area contributed by atoms with Gasteiger partial charge in [0.1, 0.15) is 11.5 Å². The second kappa shape index (κ2) is 22.6. The lowest BCUT2D eigenvalue weighted by Crippen LogP contribution is -2.32. The van der Waals surface area contributed by atoms with Crippen molar-refractivity contribution in [1.82, 2.24) is 0 Å². The van der Waals surface area contributed by atoms with Crippen molar-refractivity contribution in [2.24, 2.45) is 20.5 Å². The maximum Gasteiger partial charge on any atom is 0.258 e. The summed E-state index contributed by atoms with van der Waals surface area (Å²) in [6.45, 7) is 2.28. The van der Waals surface area contributed by atoms with E-state index >= 15 is 0 Å². The average Bonchev–Trinajstić information content (AvgIpc) is 3.26. The van der Waals surface area contributed by atoms with Gasteiger partial charge >= 0.3 is 0 Å². The highest BCUT2D eigenvalue weighted by Gasteiger charge is 2.28. The molecule has 0 bridgehead atoms. The van der Waals surface area contributed by atoms with E-state index in [1.54, 1.807) is 48.5 Å². The Bertz CT molecular complexity index is 2500. The van der Waals surface area contributed by atoms with Gasteiger partial charge in [0.05, 0.1) is 37.0 Å². The van der Waals surface area contributed by atoms with E-state index in [0.29, 0.717) is 22.5 Å². The fourth-order valence-electron chi connectivity index (χ4n) is 5.81. The third kappa shape index (κ3) is 12.7. The summed E-state index contributed by atoms with van der Waals surface area (Å²) < 4.78 is 10.9. The van der Waals surface area contributed by atoms with Crippen LogP contribution in [0.5, 0.6) is 11.5 Å². The Morgan fingerprint density at radius 1 is 0.531 bits per heavy atom. The Morgan fingerprint density at radius 2 is 0.906 bits per heavy atom. The summed E-state index contributed by atoms with van der Waals surface area (Å²) >= 11 is 24.6. The van der Waals surface area contributed by atoms with Gasteiger partial charge in [-0.25, -0.2) is 0 Å². The maximum atomic E-state index is 13.5. The summed E-state index contributed by atoms with van der Waals surface area (Å²) in [5.74, 6) is -3.87. The normalized spacial score (nSPS) is 12.0. The number of azo groups is 2. The zero-order valence-electron chi connectivity index (χ0n) is 34.4. The zero-order chi connectivity index (χ0) is 46.5. The zero-order valence-corrected chi connectivity index (χ0v) is 37.4. The molecule has 4 amide bonds. The van der Waals surface area contributed by atoms with E-state index in [1.807, 2.05) is 0 Å². The minimum atomic E-state index is -1.67. The number of nitrogens with zero attached hydrogens (tertiary/aromatic N) is 4. The van der Waals surface area contributed by atoms with Gasteiger partial charge < -0.3 is 30.7 Å². The number of nitrogens with one attached hydrogen (secondary N) is 4. The molecular weight excluding hydrogens is 910 g/mol. The molecule has 0 heterocycles. The third-order valence-electron chi connectivity index (χ3n) is 8.99. The topological polar surface area (TPSA) is 218 Å². The number of benzene rings is 5. The van der Waals surface area contributed by atoms with Crippen LogP contribution >= 0.6 is 46.4 Å². The molecule has 0 fully saturated rings. The molecule has 5 rings (SSSR count). The van der Waals surface area contributed by atoms with Crippen LogP contribution in [0, 0.1) is 0 Å². The van der Waals surface area contributed by atoms with Crippen LogP contribution in [0.1, 0.15) is 45.7 Å². The number of rotatable bonds is 18. The van der Waals surface area contributed by atoms with Crippen LogP contribution in [-0.4, -0.2) is 61.5 Å². The molecule has 64 heavy (non-hydrogen) atoms. The van der Waals surface area contributed by atoms with Crippen molar-refractivity contribution in [2.75, 3.05) is 35.5 Å². The van der Waals surface area contributed by atoms with Crippen molar-refractivity contribution in [3.8, 4) is 11.5 Å². The number of carbonyl (C=O) groups is 6. The predicted molar refractivity (Wildman–Crippen MR) is 246 cm³/mol. The first-order valence-corrected chi connectivity index (χ1v) is 20.7. The highest BCUT2D eigenvalue weighted by molar-refractivity contribution is 6.32. The van der Waals surface area contributed by atoms with E-state index in [2.05, 4.69) is 41.7 Å². The summed E-state index contributed by atoms with van der Waals surface area (Å²) in [6, 6.07) is 21.6. The van der Waals surface area contributed by atoms with Gasteiger partial charge in [0.25, 0.3) is 23.6 Å². The van der Waals surface area contributed by atoms with Gasteiger partial charge in [0.15, 0.2) is 11.6 Å². The number of hydrogen-bond acceptors (Lipinski definition) is 12. The third-order valence-corrected chi connectivity index (χ3v) is 10.0. The number of halogens is 4. The van der Waals surface area contributed by atoms with Crippen LogP contribution < -0.4 is 30.7 Å². The first-order valence-electron chi connectivity index (χ1n) is 18.9. The number of alkyl halides is 2. The SMILES string of the molecule is COc1cc(NC(=O)C(N=Nc2cc(Cl)cc(C(=O)Nc3ccccc3CCl)c2)C(C)=O)c(OC)cc1NC(=O)C(N=Nc1cc(Cl)cc(C(=O)Nc2ccccc2CCl)c1)C(C)=O. The summed E-state index contributed by atoms with van der Waals surface area (Å²) in [6.07, 6.45) is 0. The molecule has 16 nitrogen and oxygen atoms in total. The number of para-hydroxylation sites is 2. The lowest BCUT2D eigenvalue weighted by molar-refractivity contribution is -0.127. The Hall–Kier alpha value is -6.72. The van der Waals surface area contributed by atoms with E-state index in [1.165, 1.54) is 62.8 Å². The highest BCUT2D eigenvalue weighted by Crippen LogP contribution is 2.37. The molecule has 0 radical (unpaired) electrons. The molecule has 0 aliphatic heterocycles. The summed E-state index contributed by atoms with van der Waals surface area (Å²) in [4.78, 5) is 78.6. The molecular formula is C44H38Cl4N8O8. The van der Waals surface area contributed by atoms with E-state index in [9.17, 15) is 28.8 Å². The molecule has 5 aromatic carbocycles. The Kier molecular flexibility index (Phi) is 17.0. The Balaban J connectivity index is 1.31. The first-order chi connectivity index (χ1) is 30.6. The van der Waals surface area contributed by atoms with Gasteiger partial charge in [-0.2, -0.15) is 20.5 Å². The van der Waals surface area contributed by atoms with E-state index in [4.69, 9.17) is 55.9 Å². The van der Waals surface area contributed by atoms with Gasteiger partial charge in [-0.1, -0.05) is 59.6 Å². The molecule has 0 saturated heterocycles. The van der Waals surface area contributed by atoms with Gasteiger partial charge in [-0.05, 0) is 73.5 Å². The van der Waals surface area contributed by atoms with Gasteiger partial charge in [0.2, 0.25) is 12.1 Å². The average molecular weight is 949 g/mol. The number of ketones is 2. The molecule has 0 saturated carbocycles. The highest BCUT2D eigenvalue weighted by atomic mass is 35.5. The number of anilines is 4. The lowest BCUT2D eigenvalue weighted by Gasteiger charge is -2.18.